The van der Waals surface area contributed by atoms with E-state index in [0.29, 0.717) is 13.1 Å². The third-order valence-electron chi connectivity index (χ3n) is 3.18. The van der Waals surface area contributed by atoms with Crippen molar-refractivity contribution in [2.24, 2.45) is 0 Å². The van der Waals surface area contributed by atoms with Crippen molar-refractivity contribution in [3.8, 4) is 0 Å². The second kappa shape index (κ2) is 6.59. The van der Waals surface area contributed by atoms with Crippen LogP contribution in [-0.4, -0.2) is 48.4 Å². The zero-order valence-electron chi connectivity index (χ0n) is 11.0. The molecule has 1 fully saturated rings. The molecule has 2 amide bonds. The Labute approximate surface area is 103 Å². The smallest absolute Gasteiger partial charge is 0.244 e. The van der Waals surface area contributed by atoms with Crippen LogP contribution in [0.15, 0.2) is 0 Å². The van der Waals surface area contributed by atoms with E-state index in [-0.39, 0.29) is 17.9 Å². The van der Waals surface area contributed by atoms with E-state index < -0.39 is 6.04 Å². The molecular formula is C12H23N3O2. The van der Waals surface area contributed by atoms with Gasteiger partial charge < -0.3 is 15.5 Å². The molecule has 2 atom stereocenters. The van der Waals surface area contributed by atoms with Crippen molar-refractivity contribution in [3.63, 3.8) is 0 Å². The van der Waals surface area contributed by atoms with Gasteiger partial charge in [-0.15, -0.1) is 0 Å². The summed E-state index contributed by atoms with van der Waals surface area (Å²) in [5.74, 6) is -0.0724. The first-order valence-electron chi connectivity index (χ1n) is 6.42. The van der Waals surface area contributed by atoms with Crippen LogP contribution in [0.5, 0.6) is 0 Å². The number of hydrogen-bond acceptors (Lipinski definition) is 3. The number of hydrogen-bond donors (Lipinski definition) is 2. The summed E-state index contributed by atoms with van der Waals surface area (Å²) in [5.41, 5.74) is 0. The summed E-state index contributed by atoms with van der Waals surface area (Å²) in [4.78, 5) is 25.5. The van der Waals surface area contributed by atoms with Gasteiger partial charge in [-0.1, -0.05) is 0 Å². The van der Waals surface area contributed by atoms with Crippen molar-refractivity contribution in [3.05, 3.63) is 0 Å². The molecule has 0 bridgehead atoms. The molecule has 0 aromatic heterocycles. The molecular weight excluding hydrogens is 218 g/mol. The fourth-order valence-corrected chi connectivity index (χ4v) is 2.09. The Morgan fingerprint density at radius 1 is 1.41 bits per heavy atom. The van der Waals surface area contributed by atoms with Crippen LogP contribution in [0.3, 0.4) is 0 Å². The minimum atomic E-state index is -0.440. The number of nitrogens with zero attached hydrogens (tertiary/aromatic N) is 1. The molecule has 17 heavy (non-hydrogen) atoms. The normalized spacial score (nSPS) is 21.0. The molecule has 0 radical (unpaired) electrons. The summed E-state index contributed by atoms with van der Waals surface area (Å²) in [6, 6.07) is -0.563. The van der Waals surface area contributed by atoms with Gasteiger partial charge in [0.25, 0.3) is 0 Å². The van der Waals surface area contributed by atoms with E-state index in [0.717, 1.165) is 19.4 Å². The number of nitrogens with one attached hydrogen (secondary N) is 2. The summed E-state index contributed by atoms with van der Waals surface area (Å²) in [7, 11) is 0. The first-order valence-corrected chi connectivity index (χ1v) is 6.42. The van der Waals surface area contributed by atoms with Gasteiger partial charge in [-0.05, 0) is 40.2 Å². The van der Waals surface area contributed by atoms with Gasteiger partial charge in [0.1, 0.15) is 6.04 Å². The van der Waals surface area contributed by atoms with E-state index in [1.165, 1.54) is 0 Å². The van der Waals surface area contributed by atoms with Crippen LogP contribution in [0.4, 0.5) is 0 Å². The summed E-state index contributed by atoms with van der Waals surface area (Å²) in [6.45, 7) is 7.86. The molecule has 0 aromatic carbocycles. The van der Waals surface area contributed by atoms with Crippen molar-refractivity contribution in [1.82, 2.24) is 15.5 Å². The molecule has 0 aliphatic carbocycles. The molecule has 1 rings (SSSR count). The van der Waals surface area contributed by atoms with Crippen molar-refractivity contribution >= 4 is 11.8 Å². The minimum absolute atomic E-state index is 0.0126. The van der Waals surface area contributed by atoms with Crippen LogP contribution in [0.2, 0.25) is 0 Å². The fraction of sp³-hybridized carbons (Fsp3) is 0.833. The average Bonchev–Trinajstić information content (AvgIpc) is 2.83. The maximum Gasteiger partial charge on any atom is 0.244 e. The highest BCUT2D eigenvalue weighted by Crippen LogP contribution is 2.05. The predicted molar refractivity (Wildman–Crippen MR) is 66.6 cm³/mol. The van der Waals surface area contributed by atoms with E-state index >= 15 is 0 Å². The van der Waals surface area contributed by atoms with E-state index in [4.69, 9.17) is 0 Å². The summed E-state index contributed by atoms with van der Waals surface area (Å²) >= 11 is 0. The van der Waals surface area contributed by atoms with E-state index in [1.807, 2.05) is 13.8 Å². The van der Waals surface area contributed by atoms with Crippen LogP contribution < -0.4 is 10.6 Å². The lowest BCUT2D eigenvalue weighted by Gasteiger charge is -2.24. The van der Waals surface area contributed by atoms with Crippen molar-refractivity contribution in [2.75, 3.05) is 19.6 Å². The molecule has 1 unspecified atom stereocenters. The lowest BCUT2D eigenvalue weighted by Crippen LogP contribution is -2.51. The van der Waals surface area contributed by atoms with Gasteiger partial charge in [0.15, 0.2) is 0 Å². The number of amides is 2. The van der Waals surface area contributed by atoms with Gasteiger partial charge in [-0.2, -0.15) is 0 Å². The lowest BCUT2D eigenvalue weighted by molar-refractivity contribution is -0.136. The van der Waals surface area contributed by atoms with Gasteiger partial charge in [0.2, 0.25) is 11.8 Å². The topological polar surface area (TPSA) is 61.4 Å². The Hall–Kier alpha value is -1.10. The molecule has 98 valence electrons. The van der Waals surface area contributed by atoms with Gasteiger partial charge in [0, 0.05) is 13.1 Å². The van der Waals surface area contributed by atoms with Crippen LogP contribution in [0.1, 0.15) is 33.6 Å². The Kier molecular flexibility index (Phi) is 5.41. The van der Waals surface area contributed by atoms with E-state index in [1.54, 1.807) is 11.8 Å². The molecule has 5 heteroatoms. The zero-order chi connectivity index (χ0) is 12.8. The number of rotatable bonds is 5. The minimum Gasteiger partial charge on any atom is -0.343 e. The summed E-state index contributed by atoms with van der Waals surface area (Å²) in [5, 5.41) is 5.90. The Morgan fingerprint density at radius 3 is 2.53 bits per heavy atom. The summed E-state index contributed by atoms with van der Waals surface area (Å²) in [6.07, 6.45) is 1.88. The highest BCUT2D eigenvalue weighted by Gasteiger charge is 2.26. The largest absolute Gasteiger partial charge is 0.343 e. The lowest BCUT2D eigenvalue weighted by atomic mass is 10.2. The summed E-state index contributed by atoms with van der Waals surface area (Å²) < 4.78 is 0. The molecule has 0 spiro atoms. The third kappa shape index (κ3) is 3.70. The average molecular weight is 241 g/mol. The fourth-order valence-electron chi connectivity index (χ4n) is 2.09. The molecule has 0 saturated carbocycles. The van der Waals surface area contributed by atoms with Crippen LogP contribution in [-0.2, 0) is 9.59 Å². The first-order chi connectivity index (χ1) is 8.10. The maximum absolute atomic E-state index is 11.9. The number of carbonyl (C=O) groups is 2. The first kappa shape index (κ1) is 14.0. The van der Waals surface area contributed by atoms with Gasteiger partial charge in [-0.25, -0.2) is 0 Å². The highest BCUT2D eigenvalue weighted by molar-refractivity contribution is 5.89. The Bertz CT molecular complexity index is 271. The van der Waals surface area contributed by atoms with Crippen molar-refractivity contribution in [2.45, 2.75) is 45.7 Å². The van der Waals surface area contributed by atoms with Crippen molar-refractivity contribution < 1.29 is 9.59 Å². The number of likely N-dealkylation sites (N-methyl/N-ethyl adjacent to an activating group) is 1. The van der Waals surface area contributed by atoms with Crippen LogP contribution >= 0.6 is 0 Å². The zero-order valence-corrected chi connectivity index (χ0v) is 11.0. The molecule has 1 aliphatic rings. The molecule has 2 N–H and O–H groups in total. The van der Waals surface area contributed by atoms with Crippen LogP contribution in [0.25, 0.3) is 0 Å². The SMILES string of the molecule is CCN(CC)C(=O)C(C)NC(=O)[C@H]1CCCN1. The van der Waals surface area contributed by atoms with E-state index in [9.17, 15) is 9.59 Å². The maximum atomic E-state index is 11.9. The third-order valence-corrected chi connectivity index (χ3v) is 3.18. The van der Waals surface area contributed by atoms with Gasteiger partial charge in [-0.3, -0.25) is 9.59 Å². The number of carbonyl (C=O) groups excluding carboxylic acids is 2. The van der Waals surface area contributed by atoms with Crippen LogP contribution in [0, 0.1) is 0 Å². The van der Waals surface area contributed by atoms with E-state index in [2.05, 4.69) is 10.6 Å². The second-order valence-electron chi connectivity index (χ2n) is 4.39. The Morgan fingerprint density at radius 2 is 2.06 bits per heavy atom. The predicted octanol–water partition coefficient (Wildman–Crippen LogP) is 0.112. The quantitative estimate of drug-likeness (QED) is 0.718. The Balaban J connectivity index is 2.44. The van der Waals surface area contributed by atoms with Crippen molar-refractivity contribution in [1.29, 1.82) is 0 Å². The molecule has 1 heterocycles. The molecule has 0 aromatic rings. The van der Waals surface area contributed by atoms with Gasteiger partial charge >= 0.3 is 0 Å². The standard InChI is InChI=1S/C12H23N3O2/c1-4-15(5-2)12(17)9(3)14-11(16)10-7-6-8-13-10/h9-10,13H,4-8H2,1-3H3,(H,14,16)/t9?,10-/m1/s1. The molecule has 1 saturated heterocycles. The van der Waals surface area contributed by atoms with Gasteiger partial charge in [0.05, 0.1) is 6.04 Å². The molecule has 5 nitrogen and oxygen atoms in total. The monoisotopic (exact) mass is 241 g/mol. The highest BCUT2D eigenvalue weighted by atomic mass is 16.2. The molecule has 1 aliphatic heterocycles. The second-order valence-corrected chi connectivity index (χ2v) is 4.39.